The maximum absolute atomic E-state index is 9.78. The van der Waals surface area contributed by atoms with Crippen molar-refractivity contribution in [1.29, 1.82) is 0 Å². The predicted molar refractivity (Wildman–Crippen MR) is 63.9 cm³/mol. The molecule has 1 fully saturated rings. The van der Waals surface area contributed by atoms with Gasteiger partial charge >= 0.3 is 0 Å². The van der Waals surface area contributed by atoms with E-state index < -0.39 is 0 Å². The molecule has 0 aromatic rings. The Bertz CT molecular complexity index is 192. The van der Waals surface area contributed by atoms with Crippen LogP contribution in [0.15, 0.2) is 25.3 Å². The fourth-order valence-electron chi connectivity index (χ4n) is 1.54. The highest BCUT2D eigenvalue weighted by Gasteiger charge is 2.21. The van der Waals surface area contributed by atoms with Crippen molar-refractivity contribution in [2.45, 2.75) is 25.0 Å². The molecule has 0 heterocycles. The van der Waals surface area contributed by atoms with Gasteiger partial charge in [-0.25, -0.2) is 0 Å². The van der Waals surface area contributed by atoms with Crippen molar-refractivity contribution in [3.8, 4) is 0 Å². The minimum Gasteiger partial charge on any atom is -0.390 e. The number of rotatable bonds is 9. The molecule has 0 aromatic heterocycles. The molecule has 0 amide bonds. The van der Waals surface area contributed by atoms with Gasteiger partial charge in [0.2, 0.25) is 0 Å². The average Bonchev–Trinajstić information content (AvgIpc) is 2.99. The van der Waals surface area contributed by atoms with Crippen LogP contribution in [0.1, 0.15) is 12.8 Å². The molecule has 0 bridgehead atoms. The first-order valence-corrected chi connectivity index (χ1v) is 5.62. The fraction of sp³-hybridized carbons (Fsp3) is 0.667. The highest BCUT2D eigenvalue weighted by atomic mass is 16.3. The minimum absolute atomic E-state index is 0.300. The van der Waals surface area contributed by atoms with Crippen LogP contribution < -0.4 is 5.32 Å². The Hall–Kier alpha value is -0.640. The van der Waals surface area contributed by atoms with Crippen LogP contribution in [0.4, 0.5) is 0 Å². The average molecular weight is 210 g/mol. The van der Waals surface area contributed by atoms with Gasteiger partial charge in [0.05, 0.1) is 6.10 Å². The molecule has 0 saturated heterocycles. The van der Waals surface area contributed by atoms with E-state index in [9.17, 15) is 5.11 Å². The van der Waals surface area contributed by atoms with Gasteiger partial charge in [0.15, 0.2) is 0 Å². The normalized spacial score (nSPS) is 17.7. The Morgan fingerprint density at radius 1 is 1.33 bits per heavy atom. The second-order valence-corrected chi connectivity index (χ2v) is 4.13. The van der Waals surface area contributed by atoms with E-state index in [4.69, 9.17) is 0 Å². The molecule has 0 aliphatic heterocycles. The summed E-state index contributed by atoms with van der Waals surface area (Å²) < 4.78 is 0. The molecule has 0 radical (unpaired) electrons. The summed E-state index contributed by atoms with van der Waals surface area (Å²) in [7, 11) is 0. The van der Waals surface area contributed by atoms with E-state index in [2.05, 4.69) is 23.4 Å². The summed E-state index contributed by atoms with van der Waals surface area (Å²) in [5.74, 6) is 0. The quantitative estimate of drug-likeness (QED) is 0.552. The highest BCUT2D eigenvalue weighted by molar-refractivity contribution is 4.84. The Morgan fingerprint density at radius 3 is 2.40 bits per heavy atom. The van der Waals surface area contributed by atoms with Gasteiger partial charge in [-0.15, -0.1) is 13.2 Å². The van der Waals surface area contributed by atoms with Crippen molar-refractivity contribution < 1.29 is 5.11 Å². The van der Waals surface area contributed by atoms with Crippen molar-refractivity contribution >= 4 is 0 Å². The summed E-state index contributed by atoms with van der Waals surface area (Å²) in [4.78, 5) is 2.12. The lowest BCUT2D eigenvalue weighted by atomic mass is 10.3. The Labute approximate surface area is 92.5 Å². The maximum Gasteiger partial charge on any atom is 0.0791 e. The molecule has 1 aliphatic carbocycles. The van der Waals surface area contributed by atoms with E-state index >= 15 is 0 Å². The summed E-state index contributed by atoms with van der Waals surface area (Å²) in [6.45, 7) is 10.4. The van der Waals surface area contributed by atoms with Crippen LogP contribution in [0.2, 0.25) is 0 Å². The van der Waals surface area contributed by atoms with E-state index in [-0.39, 0.29) is 6.10 Å². The van der Waals surface area contributed by atoms with Gasteiger partial charge in [0.25, 0.3) is 0 Å². The number of aliphatic hydroxyl groups is 1. The molecular formula is C12H22N2O. The van der Waals surface area contributed by atoms with E-state index in [0.717, 1.165) is 13.1 Å². The minimum atomic E-state index is -0.300. The molecule has 1 saturated carbocycles. The van der Waals surface area contributed by atoms with Crippen molar-refractivity contribution in [3.05, 3.63) is 25.3 Å². The molecule has 86 valence electrons. The third-order valence-corrected chi connectivity index (χ3v) is 2.46. The molecule has 3 heteroatoms. The van der Waals surface area contributed by atoms with Gasteiger partial charge in [0.1, 0.15) is 0 Å². The number of hydrogen-bond donors (Lipinski definition) is 2. The zero-order valence-electron chi connectivity index (χ0n) is 9.36. The van der Waals surface area contributed by atoms with Gasteiger partial charge in [0, 0.05) is 32.2 Å². The lowest BCUT2D eigenvalue weighted by Crippen LogP contribution is -2.39. The van der Waals surface area contributed by atoms with Crippen LogP contribution in [0.3, 0.4) is 0 Å². The van der Waals surface area contributed by atoms with Crippen LogP contribution in [0.25, 0.3) is 0 Å². The largest absolute Gasteiger partial charge is 0.390 e. The van der Waals surface area contributed by atoms with E-state index in [1.54, 1.807) is 0 Å². The third-order valence-electron chi connectivity index (χ3n) is 2.46. The second-order valence-electron chi connectivity index (χ2n) is 4.13. The maximum atomic E-state index is 9.78. The first-order chi connectivity index (χ1) is 7.26. The van der Waals surface area contributed by atoms with Crippen molar-refractivity contribution in [3.63, 3.8) is 0 Å². The standard InChI is InChI=1S/C12H22N2O/c1-3-7-14(8-4-2)10-12(15)9-13-11-5-6-11/h3-4,11-13,15H,1-2,5-10H2/t12-/m0/s1. The van der Waals surface area contributed by atoms with Crippen molar-refractivity contribution in [2.24, 2.45) is 0 Å². The van der Waals surface area contributed by atoms with Gasteiger partial charge in [-0.3, -0.25) is 4.90 Å². The first kappa shape index (κ1) is 12.4. The summed E-state index contributed by atoms with van der Waals surface area (Å²) in [5.41, 5.74) is 0. The van der Waals surface area contributed by atoms with E-state index in [1.165, 1.54) is 12.8 Å². The smallest absolute Gasteiger partial charge is 0.0791 e. The van der Waals surface area contributed by atoms with Crippen LogP contribution in [-0.2, 0) is 0 Å². The number of hydrogen-bond acceptors (Lipinski definition) is 3. The number of aliphatic hydroxyl groups excluding tert-OH is 1. The Morgan fingerprint density at radius 2 is 1.93 bits per heavy atom. The highest BCUT2D eigenvalue weighted by Crippen LogP contribution is 2.18. The molecule has 0 spiro atoms. The molecule has 1 atom stereocenters. The number of nitrogens with zero attached hydrogens (tertiary/aromatic N) is 1. The molecule has 0 unspecified atom stereocenters. The summed E-state index contributed by atoms with van der Waals surface area (Å²) in [5, 5.41) is 13.1. The third kappa shape index (κ3) is 5.72. The monoisotopic (exact) mass is 210 g/mol. The topological polar surface area (TPSA) is 35.5 Å². The summed E-state index contributed by atoms with van der Waals surface area (Å²) in [6.07, 6.45) is 5.92. The number of nitrogens with one attached hydrogen (secondary N) is 1. The molecule has 1 aliphatic rings. The predicted octanol–water partition coefficient (Wildman–Crippen LogP) is 0.773. The molecule has 2 N–H and O–H groups in total. The Balaban J connectivity index is 2.14. The van der Waals surface area contributed by atoms with E-state index in [1.807, 2.05) is 12.2 Å². The molecule has 3 nitrogen and oxygen atoms in total. The van der Waals surface area contributed by atoms with E-state index in [0.29, 0.717) is 19.1 Å². The molecule has 1 rings (SSSR count). The molecule has 0 aromatic carbocycles. The lowest BCUT2D eigenvalue weighted by Gasteiger charge is -2.22. The fourth-order valence-corrected chi connectivity index (χ4v) is 1.54. The van der Waals surface area contributed by atoms with Crippen LogP contribution >= 0.6 is 0 Å². The lowest BCUT2D eigenvalue weighted by molar-refractivity contribution is 0.122. The van der Waals surface area contributed by atoms with Crippen LogP contribution in [0, 0.1) is 0 Å². The van der Waals surface area contributed by atoms with Crippen molar-refractivity contribution in [1.82, 2.24) is 10.2 Å². The van der Waals surface area contributed by atoms with Gasteiger partial charge < -0.3 is 10.4 Å². The molecule has 15 heavy (non-hydrogen) atoms. The SMILES string of the molecule is C=CCN(CC=C)C[C@@H](O)CNC1CC1. The molecular weight excluding hydrogens is 188 g/mol. The van der Waals surface area contributed by atoms with Crippen LogP contribution in [0.5, 0.6) is 0 Å². The van der Waals surface area contributed by atoms with Crippen LogP contribution in [-0.4, -0.2) is 48.3 Å². The van der Waals surface area contributed by atoms with Gasteiger partial charge in [-0.05, 0) is 12.8 Å². The Kier molecular flexibility index (Phi) is 5.61. The van der Waals surface area contributed by atoms with Gasteiger partial charge in [-0.2, -0.15) is 0 Å². The van der Waals surface area contributed by atoms with Crippen molar-refractivity contribution in [2.75, 3.05) is 26.2 Å². The summed E-state index contributed by atoms with van der Waals surface area (Å²) >= 11 is 0. The summed E-state index contributed by atoms with van der Waals surface area (Å²) in [6, 6.07) is 0.659. The first-order valence-electron chi connectivity index (χ1n) is 5.62. The van der Waals surface area contributed by atoms with Gasteiger partial charge in [-0.1, -0.05) is 12.2 Å². The zero-order valence-corrected chi connectivity index (χ0v) is 9.36. The zero-order chi connectivity index (χ0) is 11.1. The second kappa shape index (κ2) is 6.77.